The molecule has 31 heavy (non-hydrogen) atoms. The maximum absolute atomic E-state index is 13.3. The van der Waals surface area contributed by atoms with Crippen molar-refractivity contribution in [2.24, 2.45) is 5.92 Å². The first-order valence-corrected chi connectivity index (χ1v) is 12.5. The molecule has 1 aromatic heterocycles. The van der Waals surface area contributed by atoms with Gasteiger partial charge in [0.05, 0.1) is 16.7 Å². The summed E-state index contributed by atoms with van der Waals surface area (Å²) >= 11 is 2.99. The van der Waals surface area contributed by atoms with E-state index in [1.165, 1.54) is 11.3 Å². The number of hydrogen-bond acceptors (Lipinski definition) is 6. The average molecular weight is 454 g/mol. The molecule has 2 aliphatic rings. The molecule has 0 radical (unpaired) electrons. The van der Waals surface area contributed by atoms with Gasteiger partial charge in [0.15, 0.2) is 0 Å². The summed E-state index contributed by atoms with van der Waals surface area (Å²) in [6, 6.07) is 7.97. The third-order valence-corrected chi connectivity index (χ3v) is 7.71. The van der Waals surface area contributed by atoms with Crippen LogP contribution in [0, 0.1) is 17.2 Å². The van der Waals surface area contributed by atoms with E-state index in [1.54, 1.807) is 36.0 Å². The lowest BCUT2D eigenvalue weighted by molar-refractivity contribution is -0.120. The number of thioether (sulfide) groups is 1. The quantitative estimate of drug-likeness (QED) is 0.665. The molecule has 160 valence electrons. The number of rotatable bonds is 6. The molecule has 0 spiro atoms. The molecule has 2 atom stereocenters. The van der Waals surface area contributed by atoms with E-state index in [9.17, 15) is 19.6 Å². The fourth-order valence-corrected chi connectivity index (χ4v) is 6.07. The van der Waals surface area contributed by atoms with Crippen molar-refractivity contribution in [3.05, 3.63) is 51.4 Å². The van der Waals surface area contributed by atoms with E-state index in [-0.39, 0.29) is 0 Å². The number of nitrogens with one attached hydrogen (secondary N) is 1. The van der Waals surface area contributed by atoms with Crippen LogP contribution in [0.3, 0.4) is 0 Å². The van der Waals surface area contributed by atoms with Crippen LogP contribution in [0.15, 0.2) is 24.3 Å². The fourth-order valence-electron chi connectivity index (χ4n) is 4.25. The van der Waals surface area contributed by atoms with Crippen LogP contribution in [0.2, 0.25) is 0 Å². The number of nitriles is 1. The van der Waals surface area contributed by atoms with Crippen LogP contribution in [0.5, 0.6) is 0 Å². The van der Waals surface area contributed by atoms with Gasteiger partial charge in [0.25, 0.3) is 11.8 Å². The minimum Gasteiger partial charge on any atom is -0.315 e. The van der Waals surface area contributed by atoms with Crippen LogP contribution >= 0.6 is 23.1 Å². The summed E-state index contributed by atoms with van der Waals surface area (Å²) in [5.41, 5.74) is 2.20. The van der Waals surface area contributed by atoms with Crippen molar-refractivity contribution in [1.82, 2.24) is 4.90 Å². The van der Waals surface area contributed by atoms with Crippen molar-refractivity contribution >= 4 is 45.8 Å². The SMILES string of the molecule is CSCC[C@H](C(=O)Nc1sc2c(c1C#N)CC[C@@H](C)C2)N1C(=O)c2ccccc2C1=O. The maximum atomic E-state index is 13.3. The second-order valence-corrected chi connectivity index (χ2v) is 10.1. The van der Waals surface area contributed by atoms with Crippen LogP contribution in [0.25, 0.3) is 0 Å². The number of fused-ring (bicyclic) bond motifs is 2. The van der Waals surface area contributed by atoms with Crippen LogP contribution < -0.4 is 5.32 Å². The zero-order chi connectivity index (χ0) is 22.1. The molecule has 0 bridgehead atoms. The second-order valence-electron chi connectivity index (χ2n) is 7.98. The molecule has 0 unspecified atom stereocenters. The Morgan fingerprint density at radius 3 is 2.61 bits per heavy atom. The molecule has 0 saturated carbocycles. The Labute approximate surface area is 189 Å². The standard InChI is InChI=1S/C23H23N3O3S2/c1-13-7-8-14-17(12-24)21(31-19(14)11-13)25-20(27)18(9-10-30-2)26-22(28)15-5-3-4-6-16(15)23(26)29/h3-6,13,18H,7-11H2,1-2H3,(H,25,27)/t13-,18-/m1/s1. The topological polar surface area (TPSA) is 90.3 Å². The van der Waals surface area contributed by atoms with Crippen molar-refractivity contribution in [3.8, 4) is 6.07 Å². The molecule has 1 N–H and O–H groups in total. The zero-order valence-electron chi connectivity index (χ0n) is 17.4. The Morgan fingerprint density at radius 1 is 1.32 bits per heavy atom. The molecule has 6 nitrogen and oxygen atoms in total. The highest BCUT2D eigenvalue weighted by atomic mass is 32.2. The number of carbonyl (C=O) groups excluding carboxylic acids is 3. The second kappa shape index (κ2) is 8.85. The molecule has 2 aromatic rings. The molecule has 1 aliphatic heterocycles. The fraction of sp³-hybridized carbons (Fsp3) is 0.391. The monoisotopic (exact) mass is 453 g/mol. The van der Waals surface area contributed by atoms with E-state index in [0.29, 0.717) is 39.8 Å². The predicted molar refractivity (Wildman–Crippen MR) is 123 cm³/mol. The molecule has 1 aromatic carbocycles. The smallest absolute Gasteiger partial charge is 0.262 e. The van der Waals surface area contributed by atoms with Gasteiger partial charge in [-0.25, -0.2) is 0 Å². The number of thiophene rings is 1. The first kappa shape index (κ1) is 21.6. The van der Waals surface area contributed by atoms with Crippen molar-refractivity contribution in [2.45, 2.75) is 38.6 Å². The lowest BCUT2D eigenvalue weighted by Crippen LogP contribution is -2.47. The summed E-state index contributed by atoms with van der Waals surface area (Å²) in [5, 5.41) is 13.1. The third-order valence-electron chi connectivity index (χ3n) is 5.90. The van der Waals surface area contributed by atoms with Gasteiger partial charge in [0.1, 0.15) is 17.1 Å². The molecule has 0 fully saturated rings. The lowest BCUT2D eigenvalue weighted by atomic mass is 9.88. The number of amides is 3. The maximum Gasteiger partial charge on any atom is 0.262 e. The third kappa shape index (κ3) is 3.88. The predicted octanol–water partition coefficient (Wildman–Crippen LogP) is 4.10. The molecule has 3 amide bonds. The summed E-state index contributed by atoms with van der Waals surface area (Å²) in [6.45, 7) is 2.19. The normalized spacial score (nSPS) is 18.4. The van der Waals surface area contributed by atoms with Gasteiger partial charge in [0.2, 0.25) is 5.91 Å². The molecule has 4 rings (SSSR count). The van der Waals surface area contributed by atoms with Gasteiger partial charge >= 0.3 is 0 Å². The highest BCUT2D eigenvalue weighted by Crippen LogP contribution is 2.39. The minimum atomic E-state index is -0.926. The van der Waals surface area contributed by atoms with Gasteiger partial charge in [-0.2, -0.15) is 17.0 Å². The molecule has 8 heteroatoms. The highest BCUT2D eigenvalue weighted by Gasteiger charge is 2.42. The van der Waals surface area contributed by atoms with Crippen molar-refractivity contribution in [2.75, 3.05) is 17.3 Å². The van der Waals surface area contributed by atoms with Crippen LogP contribution in [0.4, 0.5) is 5.00 Å². The largest absolute Gasteiger partial charge is 0.315 e. The van der Waals surface area contributed by atoms with E-state index in [2.05, 4.69) is 18.3 Å². The zero-order valence-corrected chi connectivity index (χ0v) is 19.1. The molecule has 0 saturated heterocycles. The van der Waals surface area contributed by atoms with Gasteiger partial charge in [0, 0.05) is 4.88 Å². The number of nitrogens with zero attached hydrogens (tertiary/aromatic N) is 2. The highest BCUT2D eigenvalue weighted by molar-refractivity contribution is 7.98. The molecular formula is C23H23N3O3S2. The van der Waals surface area contributed by atoms with Crippen LogP contribution in [-0.2, 0) is 17.6 Å². The van der Waals surface area contributed by atoms with Gasteiger partial charge in [-0.05, 0) is 61.3 Å². The summed E-state index contributed by atoms with van der Waals surface area (Å²) in [7, 11) is 0. The Morgan fingerprint density at radius 2 is 2.00 bits per heavy atom. The Hall–Kier alpha value is -2.63. The van der Waals surface area contributed by atoms with Crippen molar-refractivity contribution < 1.29 is 14.4 Å². The number of benzene rings is 1. The van der Waals surface area contributed by atoms with Crippen molar-refractivity contribution in [1.29, 1.82) is 5.26 Å². The van der Waals surface area contributed by atoms with Gasteiger partial charge in [-0.15, -0.1) is 11.3 Å². The Bertz CT molecular complexity index is 1070. The number of carbonyl (C=O) groups is 3. The van der Waals surface area contributed by atoms with Crippen LogP contribution in [-0.4, -0.2) is 40.7 Å². The van der Waals surface area contributed by atoms with Gasteiger partial charge < -0.3 is 5.32 Å². The molecule has 1 aliphatic carbocycles. The number of anilines is 1. The van der Waals surface area contributed by atoms with Gasteiger partial charge in [-0.1, -0.05) is 19.1 Å². The summed E-state index contributed by atoms with van der Waals surface area (Å²) < 4.78 is 0. The average Bonchev–Trinajstić information content (AvgIpc) is 3.23. The number of hydrogen-bond donors (Lipinski definition) is 1. The summed E-state index contributed by atoms with van der Waals surface area (Å²) in [4.78, 5) is 41.5. The number of imide groups is 1. The summed E-state index contributed by atoms with van der Waals surface area (Å²) in [5.74, 6) is -0.140. The Kier molecular flexibility index (Phi) is 6.17. The van der Waals surface area contributed by atoms with E-state index < -0.39 is 23.8 Å². The lowest BCUT2D eigenvalue weighted by Gasteiger charge is -2.25. The first-order chi connectivity index (χ1) is 15.0. The van der Waals surface area contributed by atoms with E-state index in [0.717, 1.165) is 34.6 Å². The summed E-state index contributed by atoms with van der Waals surface area (Å²) in [6.07, 6.45) is 5.03. The minimum absolute atomic E-state index is 0.327. The van der Waals surface area contributed by atoms with E-state index >= 15 is 0 Å². The van der Waals surface area contributed by atoms with E-state index in [4.69, 9.17) is 0 Å². The van der Waals surface area contributed by atoms with Gasteiger partial charge in [-0.3, -0.25) is 19.3 Å². The first-order valence-electron chi connectivity index (χ1n) is 10.3. The molecular weight excluding hydrogens is 430 g/mol. The van der Waals surface area contributed by atoms with Crippen molar-refractivity contribution in [3.63, 3.8) is 0 Å². The van der Waals surface area contributed by atoms with E-state index in [1.807, 2.05) is 6.26 Å². The molecule has 2 heterocycles. The Balaban J connectivity index is 1.63. The van der Waals surface area contributed by atoms with Crippen LogP contribution in [0.1, 0.15) is 56.5 Å².